The fourth-order valence-corrected chi connectivity index (χ4v) is 1.19. The molecule has 0 spiro atoms. The molecule has 0 aliphatic carbocycles. The highest BCUT2D eigenvalue weighted by molar-refractivity contribution is 5.50. The van der Waals surface area contributed by atoms with Gasteiger partial charge in [0.1, 0.15) is 0 Å². The monoisotopic (exact) mass is 203 g/mol. The molecule has 0 N–H and O–H groups in total. The smallest absolute Gasteiger partial charge is 0.230 e. The predicted octanol–water partition coefficient (Wildman–Crippen LogP) is 2.72. The number of alkyl halides is 3. The number of nitrogens with zero attached hydrogens (tertiary/aromatic N) is 1. The molecule has 0 radical (unpaired) electrons. The molecule has 1 saturated heterocycles. The molecule has 5 heteroatoms. The first kappa shape index (κ1) is 9.33. The number of rotatable bonds is 1. The van der Waals surface area contributed by atoms with Crippen molar-refractivity contribution in [3.63, 3.8) is 0 Å². The largest absolute Gasteiger partial charge is 0.441 e. The topological polar surface area (TPSA) is 15.5 Å². The summed E-state index contributed by atoms with van der Waals surface area (Å²) in [6.45, 7) is 1.000. The van der Waals surface area contributed by atoms with Gasteiger partial charge in [-0.3, -0.25) is 0 Å². The van der Waals surface area contributed by atoms with Crippen molar-refractivity contribution in [3.05, 3.63) is 30.3 Å². The minimum atomic E-state index is -4.37. The maximum Gasteiger partial charge on any atom is 0.441 e. The average molecular weight is 203 g/mol. The van der Waals surface area contributed by atoms with Crippen molar-refractivity contribution >= 4 is 5.69 Å². The third kappa shape index (κ3) is 1.24. The fraction of sp³-hybridized carbons (Fsp3) is 0.333. The van der Waals surface area contributed by atoms with E-state index in [9.17, 15) is 13.2 Å². The lowest BCUT2D eigenvalue weighted by molar-refractivity contribution is -0.178. The van der Waals surface area contributed by atoms with Gasteiger partial charge in [0.05, 0.1) is 5.69 Å². The first-order valence-corrected chi connectivity index (χ1v) is 4.06. The van der Waals surface area contributed by atoms with Crippen molar-refractivity contribution in [3.8, 4) is 0 Å². The molecule has 0 amide bonds. The van der Waals surface area contributed by atoms with E-state index in [-0.39, 0.29) is 0 Å². The number of hydrogen-bond acceptors (Lipinski definition) is 2. The second-order valence-electron chi connectivity index (χ2n) is 3.20. The van der Waals surface area contributed by atoms with Crippen LogP contribution in [-0.2, 0) is 4.84 Å². The Morgan fingerprint density at radius 3 is 2.21 bits per heavy atom. The summed E-state index contributed by atoms with van der Waals surface area (Å²) in [5, 5.41) is 0.854. The molecule has 1 aromatic rings. The normalized spacial score (nSPS) is 26.4. The summed E-state index contributed by atoms with van der Waals surface area (Å²) < 4.78 is 37.2. The van der Waals surface area contributed by atoms with Crippen LogP contribution < -0.4 is 5.06 Å². The van der Waals surface area contributed by atoms with Gasteiger partial charge in [-0.2, -0.15) is 13.2 Å². The van der Waals surface area contributed by atoms with Gasteiger partial charge < -0.3 is 0 Å². The van der Waals surface area contributed by atoms with E-state index in [2.05, 4.69) is 4.84 Å². The van der Waals surface area contributed by atoms with Crippen molar-refractivity contribution < 1.29 is 18.0 Å². The molecule has 1 aromatic carbocycles. The molecular weight excluding hydrogens is 195 g/mol. The zero-order valence-corrected chi connectivity index (χ0v) is 7.38. The van der Waals surface area contributed by atoms with Gasteiger partial charge in [-0.1, -0.05) is 18.2 Å². The predicted molar refractivity (Wildman–Crippen MR) is 44.5 cm³/mol. The standard InChI is InChI=1S/C9H8F3NO/c1-8(9(10,11)12)13(14-8)7-5-3-2-4-6-7/h2-6H,1H3/t8-,13?/m0/s1. The van der Waals surface area contributed by atoms with Gasteiger partial charge in [0.2, 0.25) is 0 Å². The molecule has 1 atom stereocenters. The Bertz CT molecular complexity index is 338. The highest BCUT2D eigenvalue weighted by atomic mass is 19.4. The van der Waals surface area contributed by atoms with E-state index in [4.69, 9.17) is 0 Å². The zero-order chi connectivity index (χ0) is 10.4. The van der Waals surface area contributed by atoms with E-state index in [1.54, 1.807) is 30.3 Å². The summed E-state index contributed by atoms with van der Waals surface area (Å²) in [5.74, 6) is 0. The van der Waals surface area contributed by atoms with Crippen LogP contribution in [0.5, 0.6) is 0 Å². The summed E-state index contributed by atoms with van der Waals surface area (Å²) in [7, 11) is 0. The number of hydroxylamine groups is 1. The van der Waals surface area contributed by atoms with Gasteiger partial charge in [0.25, 0.3) is 5.72 Å². The molecule has 0 saturated carbocycles. The molecule has 76 valence electrons. The number of halogens is 3. The molecule has 1 aliphatic heterocycles. The van der Waals surface area contributed by atoms with Crippen molar-refractivity contribution in [1.82, 2.24) is 0 Å². The molecule has 14 heavy (non-hydrogen) atoms. The summed E-state index contributed by atoms with van der Waals surface area (Å²) in [6.07, 6.45) is -4.37. The van der Waals surface area contributed by atoms with Crippen molar-refractivity contribution in [2.24, 2.45) is 0 Å². The van der Waals surface area contributed by atoms with Crippen molar-refractivity contribution in [1.29, 1.82) is 0 Å². The molecule has 0 aromatic heterocycles. The zero-order valence-electron chi connectivity index (χ0n) is 7.38. The van der Waals surface area contributed by atoms with E-state index in [0.717, 1.165) is 12.0 Å². The van der Waals surface area contributed by atoms with Gasteiger partial charge in [-0.25, -0.2) is 9.90 Å². The van der Waals surface area contributed by atoms with Crippen LogP contribution in [0.3, 0.4) is 0 Å². The number of hydrogen-bond donors (Lipinski definition) is 0. The second kappa shape index (κ2) is 2.63. The highest BCUT2D eigenvalue weighted by Crippen LogP contribution is 2.50. The van der Waals surface area contributed by atoms with Gasteiger partial charge in [0.15, 0.2) is 0 Å². The van der Waals surface area contributed by atoms with E-state index < -0.39 is 11.9 Å². The molecule has 2 rings (SSSR count). The number of para-hydroxylation sites is 1. The van der Waals surface area contributed by atoms with Crippen LogP contribution in [0.2, 0.25) is 0 Å². The van der Waals surface area contributed by atoms with Crippen LogP contribution in [0.15, 0.2) is 30.3 Å². The Balaban J connectivity index is 2.21. The summed E-state index contributed by atoms with van der Waals surface area (Å²) in [4.78, 5) is 4.56. The molecule has 1 fully saturated rings. The van der Waals surface area contributed by atoms with E-state index in [0.29, 0.717) is 5.69 Å². The number of anilines is 1. The molecule has 1 heterocycles. The quantitative estimate of drug-likeness (QED) is 0.652. The fourth-order valence-electron chi connectivity index (χ4n) is 1.19. The molecule has 1 aliphatic rings. The average Bonchev–Trinajstić information content (AvgIpc) is 2.80. The van der Waals surface area contributed by atoms with Crippen molar-refractivity contribution in [2.45, 2.75) is 18.8 Å². The molecule has 0 unspecified atom stereocenters. The lowest BCUT2D eigenvalue weighted by Gasteiger charge is -2.10. The lowest BCUT2D eigenvalue weighted by atomic mass is 10.2. The third-order valence-electron chi connectivity index (χ3n) is 2.14. The Morgan fingerprint density at radius 1 is 1.21 bits per heavy atom. The first-order valence-electron chi connectivity index (χ1n) is 4.06. The van der Waals surface area contributed by atoms with E-state index in [1.165, 1.54) is 0 Å². The summed E-state index contributed by atoms with van der Waals surface area (Å²) >= 11 is 0. The molecular formula is C9H8F3NO. The Kier molecular flexibility index (Phi) is 1.75. The summed E-state index contributed by atoms with van der Waals surface area (Å²) in [5.41, 5.74) is -1.75. The third-order valence-corrected chi connectivity index (χ3v) is 2.14. The minimum Gasteiger partial charge on any atom is -0.230 e. The first-order chi connectivity index (χ1) is 6.45. The Hall–Kier alpha value is -1.23. The van der Waals surface area contributed by atoms with E-state index >= 15 is 0 Å². The maximum atomic E-state index is 12.4. The molecule has 2 nitrogen and oxygen atoms in total. The van der Waals surface area contributed by atoms with Crippen molar-refractivity contribution in [2.75, 3.05) is 5.06 Å². The Morgan fingerprint density at radius 2 is 1.79 bits per heavy atom. The summed E-state index contributed by atoms with van der Waals surface area (Å²) in [6, 6.07) is 8.19. The van der Waals surface area contributed by atoms with Crippen LogP contribution in [0, 0.1) is 0 Å². The maximum absolute atomic E-state index is 12.4. The van der Waals surface area contributed by atoms with E-state index in [1.807, 2.05) is 0 Å². The van der Waals surface area contributed by atoms with Crippen LogP contribution in [0.4, 0.5) is 18.9 Å². The molecule has 0 bridgehead atoms. The lowest BCUT2D eigenvalue weighted by Crippen LogP contribution is -2.33. The Labute approximate surface area is 78.8 Å². The highest BCUT2D eigenvalue weighted by Gasteiger charge is 2.70. The second-order valence-corrected chi connectivity index (χ2v) is 3.20. The van der Waals surface area contributed by atoms with Crippen LogP contribution >= 0.6 is 0 Å². The number of benzene rings is 1. The van der Waals surface area contributed by atoms with Gasteiger partial charge in [-0.15, -0.1) is 0 Å². The van der Waals surface area contributed by atoms with Gasteiger partial charge >= 0.3 is 6.18 Å². The van der Waals surface area contributed by atoms with Gasteiger partial charge in [-0.05, 0) is 19.1 Å². The van der Waals surface area contributed by atoms with Crippen LogP contribution in [0.25, 0.3) is 0 Å². The van der Waals surface area contributed by atoms with Crippen LogP contribution in [-0.4, -0.2) is 11.9 Å². The minimum absolute atomic E-state index is 0.410. The SMILES string of the molecule is C[C@@]1(C(F)(F)F)ON1c1ccccc1. The van der Waals surface area contributed by atoms with Gasteiger partial charge in [0, 0.05) is 0 Å². The van der Waals surface area contributed by atoms with Crippen LogP contribution in [0.1, 0.15) is 6.92 Å².